The molecule has 0 unspecified atom stereocenters. The van der Waals surface area contributed by atoms with Crippen LogP contribution in [0.1, 0.15) is 45.2 Å². The largest absolute Gasteiger partial charge is 0.419 e. The topological polar surface area (TPSA) is 90.4 Å². The third-order valence-corrected chi connectivity index (χ3v) is 7.84. The number of aromatic nitrogens is 1. The quantitative estimate of drug-likeness (QED) is 0.734. The van der Waals surface area contributed by atoms with Gasteiger partial charge in [-0.25, -0.2) is 8.42 Å². The van der Waals surface area contributed by atoms with Gasteiger partial charge < -0.3 is 9.32 Å². The number of piperidine rings is 2. The number of hydrogen-bond acceptors (Lipinski definition) is 6. The van der Waals surface area contributed by atoms with Crippen LogP contribution in [0.25, 0.3) is 11.5 Å². The summed E-state index contributed by atoms with van der Waals surface area (Å²) in [6, 6.07) is 8.74. The number of hydrogen-bond donors (Lipinski definition) is 0. The summed E-state index contributed by atoms with van der Waals surface area (Å²) >= 11 is 0. The summed E-state index contributed by atoms with van der Waals surface area (Å²) in [5.74, 6) is 1.89. The lowest BCUT2D eigenvalue weighted by atomic mass is 9.92. The molecule has 0 radical (unpaired) electrons. The Bertz CT molecular complexity index is 1020. The maximum atomic E-state index is 12.8. The summed E-state index contributed by atoms with van der Waals surface area (Å²) in [5.41, 5.74) is 0.935. The number of oxazole rings is 1. The average Bonchev–Trinajstić information content (AvgIpc) is 3.18. The first-order chi connectivity index (χ1) is 14.4. The number of anilines is 1. The smallest absolute Gasteiger partial charge is 0.243 e. The molecule has 2 aliphatic heterocycles. The van der Waals surface area contributed by atoms with Crippen molar-refractivity contribution >= 4 is 15.9 Å². The van der Waals surface area contributed by atoms with Gasteiger partial charge in [0.2, 0.25) is 27.5 Å². The fourth-order valence-corrected chi connectivity index (χ4v) is 6.09. The van der Waals surface area contributed by atoms with Crippen LogP contribution in [0.2, 0.25) is 0 Å². The van der Waals surface area contributed by atoms with E-state index in [0.29, 0.717) is 42.3 Å². The van der Waals surface area contributed by atoms with Gasteiger partial charge in [0.05, 0.1) is 4.90 Å². The van der Waals surface area contributed by atoms with Crippen molar-refractivity contribution in [3.8, 4) is 17.5 Å². The van der Waals surface area contributed by atoms with Gasteiger partial charge in [0.15, 0.2) is 0 Å². The molecular weight excluding hydrogens is 400 g/mol. The molecule has 0 N–H and O–H groups in total. The van der Waals surface area contributed by atoms with Crippen LogP contribution < -0.4 is 4.90 Å². The summed E-state index contributed by atoms with van der Waals surface area (Å²) in [5, 5.41) is 9.55. The Balaban J connectivity index is 1.59. The van der Waals surface area contributed by atoms with E-state index in [1.54, 1.807) is 28.6 Å². The van der Waals surface area contributed by atoms with Crippen molar-refractivity contribution in [1.29, 1.82) is 5.26 Å². The first kappa shape index (κ1) is 20.9. The van der Waals surface area contributed by atoms with E-state index in [1.807, 2.05) is 0 Å². The molecule has 0 amide bonds. The van der Waals surface area contributed by atoms with E-state index < -0.39 is 10.0 Å². The minimum Gasteiger partial charge on any atom is -0.419 e. The second kappa shape index (κ2) is 8.40. The van der Waals surface area contributed by atoms with E-state index in [4.69, 9.17) is 4.42 Å². The normalized spacial score (nSPS) is 23.3. The lowest BCUT2D eigenvalue weighted by molar-refractivity contribution is 0.344. The highest BCUT2D eigenvalue weighted by Crippen LogP contribution is 2.33. The summed E-state index contributed by atoms with van der Waals surface area (Å²) in [6.45, 7) is 7.22. The maximum absolute atomic E-state index is 12.8. The van der Waals surface area contributed by atoms with E-state index in [1.165, 1.54) is 0 Å². The summed E-state index contributed by atoms with van der Waals surface area (Å²) in [7, 11) is -3.48. The maximum Gasteiger partial charge on any atom is 0.243 e. The highest BCUT2D eigenvalue weighted by atomic mass is 32.2. The fourth-order valence-electron chi connectivity index (χ4n) is 4.58. The van der Waals surface area contributed by atoms with Crippen LogP contribution in [-0.2, 0) is 10.0 Å². The molecule has 7 nitrogen and oxygen atoms in total. The molecule has 2 atom stereocenters. The molecule has 160 valence electrons. The van der Waals surface area contributed by atoms with E-state index >= 15 is 0 Å². The average molecular weight is 429 g/mol. The first-order valence-corrected chi connectivity index (χ1v) is 12.1. The summed E-state index contributed by atoms with van der Waals surface area (Å²) in [4.78, 5) is 6.75. The third-order valence-electron chi connectivity index (χ3n) is 5.93. The van der Waals surface area contributed by atoms with E-state index in [0.717, 1.165) is 38.8 Å². The van der Waals surface area contributed by atoms with Crippen molar-refractivity contribution in [2.75, 3.05) is 31.1 Å². The van der Waals surface area contributed by atoms with Gasteiger partial charge in [-0.1, -0.05) is 20.3 Å². The molecule has 0 spiro atoms. The van der Waals surface area contributed by atoms with Gasteiger partial charge in [-0.3, -0.25) is 0 Å². The van der Waals surface area contributed by atoms with Gasteiger partial charge >= 0.3 is 0 Å². The van der Waals surface area contributed by atoms with Gasteiger partial charge in [-0.15, -0.1) is 0 Å². The third kappa shape index (κ3) is 4.09. The Morgan fingerprint density at radius 1 is 1.07 bits per heavy atom. The van der Waals surface area contributed by atoms with Gasteiger partial charge in [0.1, 0.15) is 6.07 Å². The summed E-state index contributed by atoms with van der Waals surface area (Å²) in [6.07, 6.45) is 4.04. The number of nitrogens with zero attached hydrogens (tertiary/aromatic N) is 4. The zero-order valence-electron chi connectivity index (χ0n) is 17.5. The van der Waals surface area contributed by atoms with E-state index in [2.05, 4.69) is 29.8 Å². The van der Waals surface area contributed by atoms with Gasteiger partial charge in [-0.2, -0.15) is 14.6 Å². The van der Waals surface area contributed by atoms with E-state index in [9.17, 15) is 13.7 Å². The second-order valence-electron chi connectivity index (χ2n) is 8.62. The molecule has 3 heterocycles. The van der Waals surface area contributed by atoms with Crippen LogP contribution in [0.5, 0.6) is 0 Å². The molecule has 0 aliphatic carbocycles. The lowest BCUT2D eigenvalue weighted by Gasteiger charge is -2.34. The second-order valence-corrected chi connectivity index (χ2v) is 10.6. The monoisotopic (exact) mass is 428 g/mol. The number of benzene rings is 1. The minimum atomic E-state index is -3.48. The molecule has 2 saturated heterocycles. The highest BCUT2D eigenvalue weighted by molar-refractivity contribution is 7.89. The van der Waals surface area contributed by atoms with Crippen LogP contribution in [0.3, 0.4) is 0 Å². The Morgan fingerprint density at radius 2 is 1.70 bits per heavy atom. The van der Waals surface area contributed by atoms with Crippen LogP contribution in [0.4, 0.5) is 5.88 Å². The molecule has 2 aliphatic rings. The van der Waals surface area contributed by atoms with E-state index in [-0.39, 0.29) is 10.6 Å². The molecule has 0 bridgehead atoms. The Morgan fingerprint density at radius 3 is 2.30 bits per heavy atom. The fraction of sp³-hybridized carbons (Fsp3) is 0.545. The molecule has 8 heteroatoms. The van der Waals surface area contributed by atoms with Gasteiger partial charge in [0.25, 0.3) is 0 Å². The van der Waals surface area contributed by atoms with Gasteiger partial charge in [0, 0.05) is 31.7 Å². The predicted molar refractivity (Wildman–Crippen MR) is 114 cm³/mol. The molecular formula is C22H28N4O3S. The summed E-state index contributed by atoms with van der Waals surface area (Å²) < 4.78 is 33.2. The zero-order valence-corrected chi connectivity index (χ0v) is 18.4. The molecule has 0 saturated carbocycles. The molecule has 1 aromatic heterocycles. The van der Waals surface area contributed by atoms with Gasteiger partial charge in [-0.05, 0) is 55.4 Å². The van der Waals surface area contributed by atoms with Crippen molar-refractivity contribution in [2.45, 2.75) is 44.4 Å². The number of sulfonamides is 1. The Labute approximate surface area is 178 Å². The molecule has 30 heavy (non-hydrogen) atoms. The molecule has 2 aromatic rings. The van der Waals surface area contributed by atoms with Crippen LogP contribution in [0, 0.1) is 23.2 Å². The number of nitriles is 1. The molecule has 2 fully saturated rings. The molecule has 4 rings (SSSR count). The van der Waals surface area contributed by atoms with Crippen molar-refractivity contribution in [2.24, 2.45) is 11.8 Å². The minimum absolute atomic E-state index is 0.274. The van der Waals surface area contributed by atoms with Crippen molar-refractivity contribution in [3.05, 3.63) is 30.0 Å². The number of rotatable bonds is 4. The van der Waals surface area contributed by atoms with Crippen LogP contribution >= 0.6 is 0 Å². The first-order valence-electron chi connectivity index (χ1n) is 10.6. The zero-order chi connectivity index (χ0) is 21.3. The molecule has 1 aromatic carbocycles. The Kier molecular flexibility index (Phi) is 5.85. The predicted octanol–water partition coefficient (Wildman–Crippen LogP) is 3.87. The Hall–Kier alpha value is -2.37. The lowest BCUT2D eigenvalue weighted by Crippen LogP contribution is -2.38. The van der Waals surface area contributed by atoms with Crippen LogP contribution in [-0.4, -0.2) is 43.9 Å². The van der Waals surface area contributed by atoms with Crippen LogP contribution in [0.15, 0.2) is 33.6 Å². The van der Waals surface area contributed by atoms with Crippen molar-refractivity contribution in [3.63, 3.8) is 0 Å². The SMILES string of the molecule is C[C@@H]1C[C@@H](C)CN(c2oc(-c3ccc(S(=O)(=O)N4CCCCC4)cc3)nc2C#N)C1. The van der Waals surface area contributed by atoms with Crippen molar-refractivity contribution < 1.29 is 12.8 Å². The standard InChI is InChI=1S/C22H28N4O3S/c1-16-12-17(2)15-25(14-16)22-20(13-23)24-21(29-22)18-6-8-19(9-7-18)30(27,28)26-10-4-3-5-11-26/h6-9,16-17H,3-5,10-12,14-15H2,1-2H3/t16-,17-/m1/s1. The highest BCUT2D eigenvalue weighted by Gasteiger charge is 2.29. The van der Waals surface area contributed by atoms with Crippen molar-refractivity contribution in [1.82, 2.24) is 9.29 Å².